The molecule has 0 saturated carbocycles. The minimum atomic E-state index is -0.141. The number of hydrogen-bond acceptors (Lipinski definition) is 2. The molecule has 1 N–H and O–H groups in total. The highest BCUT2D eigenvalue weighted by molar-refractivity contribution is 5.52. The van der Waals surface area contributed by atoms with Crippen LogP contribution in [-0.4, -0.2) is 19.1 Å². The van der Waals surface area contributed by atoms with Crippen LogP contribution in [0.3, 0.4) is 0 Å². The summed E-state index contributed by atoms with van der Waals surface area (Å²) in [4.78, 5) is 2.38. The van der Waals surface area contributed by atoms with E-state index < -0.39 is 0 Å². The highest BCUT2D eigenvalue weighted by Crippen LogP contribution is 2.30. The summed E-state index contributed by atoms with van der Waals surface area (Å²) in [6.45, 7) is 5.83. The van der Waals surface area contributed by atoms with Gasteiger partial charge in [0, 0.05) is 24.8 Å². The summed E-state index contributed by atoms with van der Waals surface area (Å²) in [6, 6.07) is 16.6. The van der Waals surface area contributed by atoms with Crippen LogP contribution in [0.2, 0.25) is 0 Å². The summed E-state index contributed by atoms with van der Waals surface area (Å²) in [7, 11) is 0. The number of nitrogens with one attached hydrogen (secondary N) is 1. The molecule has 1 aliphatic rings. The maximum absolute atomic E-state index is 13.5. The topological polar surface area (TPSA) is 15.3 Å². The van der Waals surface area contributed by atoms with Crippen LogP contribution >= 0.6 is 0 Å². The van der Waals surface area contributed by atoms with Crippen LogP contribution in [0.4, 0.5) is 10.1 Å². The molecule has 0 aliphatic carbocycles. The van der Waals surface area contributed by atoms with Gasteiger partial charge >= 0.3 is 0 Å². The normalized spacial score (nSPS) is 22.3. The second kappa shape index (κ2) is 5.86. The standard InChI is InChI=1S/C18H21FN2/c1-13-10-16(8-9-17(13)19)21-12-14(2)20-11-18(21)15-6-4-3-5-7-15/h3-10,14,18,20H,11-12H2,1-2H3. The third-order valence-corrected chi connectivity index (χ3v) is 4.16. The van der Waals surface area contributed by atoms with Gasteiger partial charge in [0.05, 0.1) is 6.04 Å². The molecule has 2 atom stereocenters. The molecular formula is C18H21FN2. The van der Waals surface area contributed by atoms with E-state index in [2.05, 4.69) is 41.4 Å². The van der Waals surface area contributed by atoms with Crippen LogP contribution in [0.25, 0.3) is 0 Å². The van der Waals surface area contributed by atoms with Gasteiger partial charge in [-0.25, -0.2) is 4.39 Å². The van der Waals surface area contributed by atoms with E-state index in [4.69, 9.17) is 0 Å². The molecule has 2 unspecified atom stereocenters. The molecule has 2 nitrogen and oxygen atoms in total. The molecule has 3 heteroatoms. The molecule has 1 fully saturated rings. The maximum atomic E-state index is 13.5. The lowest BCUT2D eigenvalue weighted by molar-refractivity contribution is 0.416. The Morgan fingerprint density at radius 2 is 1.90 bits per heavy atom. The van der Waals surface area contributed by atoms with Gasteiger partial charge in [-0.3, -0.25) is 0 Å². The Kier molecular flexibility index (Phi) is 3.93. The zero-order chi connectivity index (χ0) is 14.8. The molecule has 1 heterocycles. The fourth-order valence-electron chi connectivity index (χ4n) is 2.98. The average molecular weight is 284 g/mol. The number of piperazine rings is 1. The number of benzene rings is 2. The lowest BCUT2D eigenvalue weighted by Gasteiger charge is -2.41. The Bertz CT molecular complexity index is 612. The van der Waals surface area contributed by atoms with Crippen LogP contribution in [-0.2, 0) is 0 Å². The van der Waals surface area contributed by atoms with Gasteiger partial charge in [0.25, 0.3) is 0 Å². The van der Waals surface area contributed by atoms with E-state index in [1.165, 1.54) is 5.56 Å². The van der Waals surface area contributed by atoms with Gasteiger partial charge in [-0.15, -0.1) is 0 Å². The predicted molar refractivity (Wildman–Crippen MR) is 85.1 cm³/mol. The minimum Gasteiger partial charge on any atom is -0.362 e. The maximum Gasteiger partial charge on any atom is 0.126 e. The Labute approximate surface area is 125 Å². The lowest BCUT2D eigenvalue weighted by atomic mass is 10.00. The van der Waals surface area contributed by atoms with Crippen LogP contribution < -0.4 is 10.2 Å². The summed E-state index contributed by atoms with van der Waals surface area (Å²) in [5.74, 6) is -0.141. The van der Waals surface area contributed by atoms with E-state index in [9.17, 15) is 4.39 Å². The summed E-state index contributed by atoms with van der Waals surface area (Å²) in [6.07, 6.45) is 0. The van der Waals surface area contributed by atoms with Crippen LogP contribution in [0.5, 0.6) is 0 Å². The molecule has 2 aromatic rings. The van der Waals surface area contributed by atoms with Gasteiger partial charge in [-0.05, 0) is 43.2 Å². The van der Waals surface area contributed by atoms with Gasteiger partial charge in [-0.1, -0.05) is 30.3 Å². The van der Waals surface area contributed by atoms with Crippen LogP contribution in [0.1, 0.15) is 24.1 Å². The summed E-state index contributed by atoms with van der Waals surface area (Å²) in [5, 5.41) is 3.54. The fourth-order valence-corrected chi connectivity index (χ4v) is 2.98. The van der Waals surface area contributed by atoms with Gasteiger partial charge in [0.1, 0.15) is 5.82 Å². The van der Waals surface area contributed by atoms with Crippen LogP contribution in [0, 0.1) is 12.7 Å². The Morgan fingerprint density at radius 3 is 2.62 bits per heavy atom. The van der Waals surface area contributed by atoms with Crippen molar-refractivity contribution in [2.24, 2.45) is 0 Å². The van der Waals surface area contributed by atoms with E-state index >= 15 is 0 Å². The average Bonchev–Trinajstić information content (AvgIpc) is 2.51. The minimum absolute atomic E-state index is 0.141. The first kappa shape index (κ1) is 14.1. The summed E-state index contributed by atoms with van der Waals surface area (Å²) < 4.78 is 13.5. The van der Waals surface area contributed by atoms with Crippen molar-refractivity contribution in [1.29, 1.82) is 0 Å². The molecule has 3 rings (SSSR count). The van der Waals surface area contributed by atoms with E-state index in [1.807, 2.05) is 25.1 Å². The molecule has 0 bridgehead atoms. The SMILES string of the molecule is Cc1cc(N2CC(C)NCC2c2ccccc2)ccc1F. The van der Waals surface area contributed by atoms with Crippen molar-refractivity contribution in [3.63, 3.8) is 0 Å². The quantitative estimate of drug-likeness (QED) is 0.905. The fraction of sp³-hybridized carbons (Fsp3) is 0.333. The first-order chi connectivity index (χ1) is 10.1. The second-order valence-corrected chi connectivity index (χ2v) is 5.82. The molecule has 2 aromatic carbocycles. The monoisotopic (exact) mass is 284 g/mol. The lowest BCUT2D eigenvalue weighted by Crippen LogP contribution is -2.51. The number of hydrogen-bond donors (Lipinski definition) is 1. The van der Waals surface area contributed by atoms with Crippen molar-refractivity contribution in [3.05, 3.63) is 65.5 Å². The Hall–Kier alpha value is -1.87. The van der Waals surface area contributed by atoms with E-state index in [0.717, 1.165) is 18.8 Å². The molecule has 0 aromatic heterocycles. The van der Waals surface area contributed by atoms with Gasteiger partial charge in [0.15, 0.2) is 0 Å². The molecule has 0 amide bonds. The largest absolute Gasteiger partial charge is 0.362 e. The first-order valence-electron chi connectivity index (χ1n) is 7.46. The second-order valence-electron chi connectivity index (χ2n) is 5.82. The van der Waals surface area contributed by atoms with Gasteiger partial charge in [-0.2, -0.15) is 0 Å². The van der Waals surface area contributed by atoms with Crippen molar-refractivity contribution in [2.45, 2.75) is 25.9 Å². The van der Waals surface area contributed by atoms with Crippen molar-refractivity contribution in [1.82, 2.24) is 5.32 Å². The molecule has 0 spiro atoms. The van der Waals surface area contributed by atoms with Crippen LogP contribution in [0.15, 0.2) is 48.5 Å². The van der Waals surface area contributed by atoms with Gasteiger partial charge < -0.3 is 10.2 Å². The molecule has 1 aliphatic heterocycles. The molecule has 21 heavy (non-hydrogen) atoms. The van der Waals surface area contributed by atoms with E-state index in [0.29, 0.717) is 11.6 Å². The third kappa shape index (κ3) is 2.93. The number of aryl methyl sites for hydroxylation is 1. The highest BCUT2D eigenvalue weighted by Gasteiger charge is 2.27. The van der Waals surface area contributed by atoms with Crippen molar-refractivity contribution in [2.75, 3.05) is 18.0 Å². The number of nitrogens with zero attached hydrogens (tertiary/aromatic N) is 1. The molecule has 110 valence electrons. The number of anilines is 1. The van der Waals surface area contributed by atoms with Crippen molar-refractivity contribution in [3.8, 4) is 0 Å². The molecule has 0 radical (unpaired) electrons. The Morgan fingerprint density at radius 1 is 1.14 bits per heavy atom. The number of halogens is 1. The predicted octanol–water partition coefficient (Wildman–Crippen LogP) is 3.67. The van der Waals surface area contributed by atoms with Crippen molar-refractivity contribution < 1.29 is 4.39 Å². The van der Waals surface area contributed by atoms with Gasteiger partial charge in [0.2, 0.25) is 0 Å². The van der Waals surface area contributed by atoms with E-state index in [-0.39, 0.29) is 11.9 Å². The molecule has 1 saturated heterocycles. The third-order valence-electron chi connectivity index (χ3n) is 4.16. The number of rotatable bonds is 2. The smallest absolute Gasteiger partial charge is 0.126 e. The van der Waals surface area contributed by atoms with E-state index in [1.54, 1.807) is 6.07 Å². The zero-order valence-corrected chi connectivity index (χ0v) is 12.5. The highest BCUT2D eigenvalue weighted by atomic mass is 19.1. The summed E-state index contributed by atoms with van der Waals surface area (Å²) >= 11 is 0. The Balaban J connectivity index is 1.96. The summed E-state index contributed by atoms with van der Waals surface area (Å²) in [5.41, 5.74) is 3.08. The molecular weight excluding hydrogens is 263 g/mol. The first-order valence-corrected chi connectivity index (χ1v) is 7.46. The van der Waals surface area contributed by atoms with Crippen molar-refractivity contribution >= 4 is 5.69 Å². The zero-order valence-electron chi connectivity index (χ0n) is 12.5.